The number of hydrogen-bond acceptors (Lipinski definition) is 4. The Balaban J connectivity index is 0.00000552. The molecule has 0 heterocycles. The summed E-state index contributed by atoms with van der Waals surface area (Å²) < 4.78 is 44.1. The topological polar surface area (TPSA) is 67.4 Å². The Labute approximate surface area is 268 Å². The summed E-state index contributed by atoms with van der Waals surface area (Å²) in [7, 11) is 0. The molecular formula is C36H38ClF3N2O3. The first-order valence-corrected chi connectivity index (χ1v) is 14.7. The predicted octanol–water partition coefficient (Wildman–Crippen LogP) is 7.39. The summed E-state index contributed by atoms with van der Waals surface area (Å²) in [5, 5.41) is 6.19. The highest BCUT2D eigenvalue weighted by Gasteiger charge is 2.30. The minimum atomic E-state index is -4.37. The largest absolute Gasteiger partial charge is 0.461 e. The SMILES string of the molecule is C[C@@H](Cc1cccc(C(F)(F)F)c1)NCCOC(=O)c1ccc(CCNC(=O)CC(c2ccccc2)c2ccccc2)cc1.Cl. The van der Waals surface area contributed by atoms with E-state index in [0.29, 0.717) is 43.5 Å². The molecule has 0 spiro atoms. The Kier molecular flexibility index (Phi) is 13.6. The van der Waals surface area contributed by atoms with Gasteiger partial charge in [-0.2, -0.15) is 13.2 Å². The van der Waals surface area contributed by atoms with Gasteiger partial charge in [-0.25, -0.2) is 4.79 Å². The number of alkyl halides is 3. The van der Waals surface area contributed by atoms with E-state index in [2.05, 4.69) is 10.6 Å². The van der Waals surface area contributed by atoms with Crippen molar-refractivity contribution < 1.29 is 27.5 Å². The maximum atomic E-state index is 12.9. The fraction of sp³-hybridized carbons (Fsp3) is 0.278. The van der Waals surface area contributed by atoms with Crippen LogP contribution >= 0.6 is 12.4 Å². The fourth-order valence-corrected chi connectivity index (χ4v) is 5.04. The third-order valence-corrected chi connectivity index (χ3v) is 7.34. The van der Waals surface area contributed by atoms with Crippen LogP contribution in [0.15, 0.2) is 109 Å². The minimum absolute atomic E-state index is 0. The second kappa shape index (κ2) is 17.4. The molecule has 2 N–H and O–H groups in total. The van der Waals surface area contributed by atoms with Gasteiger partial charge in [-0.1, -0.05) is 91.0 Å². The highest BCUT2D eigenvalue weighted by Crippen LogP contribution is 2.30. The molecule has 0 saturated carbocycles. The molecule has 0 aliphatic carbocycles. The zero-order chi connectivity index (χ0) is 31.4. The normalized spacial score (nSPS) is 11.8. The van der Waals surface area contributed by atoms with Crippen molar-refractivity contribution in [3.05, 3.63) is 143 Å². The first-order chi connectivity index (χ1) is 21.2. The summed E-state index contributed by atoms with van der Waals surface area (Å²) >= 11 is 0. The zero-order valence-corrected chi connectivity index (χ0v) is 25.9. The number of carbonyl (C=O) groups excluding carboxylic acids is 2. The second-order valence-electron chi connectivity index (χ2n) is 10.8. The molecule has 238 valence electrons. The standard InChI is InChI=1S/C36H37F3N2O3.ClH/c1-26(23-28-9-8-14-32(24-28)36(37,38)39)40-21-22-44-35(43)31-17-15-27(16-18-31)19-20-41-34(42)25-33(29-10-4-2-5-11-29)30-12-6-3-7-13-30;/h2-18,24,26,33,40H,19-23,25H2,1H3,(H,41,42);1H/t26-;/m0./s1. The van der Waals surface area contributed by atoms with E-state index >= 15 is 0 Å². The molecule has 0 aliphatic rings. The lowest BCUT2D eigenvalue weighted by atomic mass is 9.88. The molecule has 0 fully saturated rings. The molecule has 45 heavy (non-hydrogen) atoms. The van der Waals surface area contributed by atoms with Crippen LogP contribution in [0.1, 0.15) is 57.4 Å². The van der Waals surface area contributed by atoms with Crippen LogP contribution in [0.3, 0.4) is 0 Å². The van der Waals surface area contributed by atoms with Gasteiger partial charge in [-0.05, 0) is 60.2 Å². The molecule has 0 bridgehead atoms. The van der Waals surface area contributed by atoms with Gasteiger partial charge in [0.05, 0.1) is 11.1 Å². The van der Waals surface area contributed by atoms with Gasteiger partial charge in [0.2, 0.25) is 5.91 Å². The number of amides is 1. The monoisotopic (exact) mass is 638 g/mol. The summed E-state index contributed by atoms with van der Waals surface area (Å²) in [4.78, 5) is 25.3. The number of hydrogen-bond donors (Lipinski definition) is 2. The van der Waals surface area contributed by atoms with Crippen LogP contribution in [0.25, 0.3) is 0 Å². The summed E-state index contributed by atoms with van der Waals surface area (Å²) in [5.41, 5.74) is 3.51. The third kappa shape index (κ3) is 11.4. The Morgan fingerprint density at radius 2 is 1.40 bits per heavy atom. The van der Waals surface area contributed by atoms with E-state index < -0.39 is 17.7 Å². The molecule has 5 nitrogen and oxygen atoms in total. The molecule has 4 aromatic carbocycles. The van der Waals surface area contributed by atoms with Gasteiger partial charge in [-0.3, -0.25) is 4.79 Å². The Bertz CT molecular complexity index is 1440. The highest BCUT2D eigenvalue weighted by atomic mass is 35.5. The van der Waals surface area contributed by atoms with Gasteiger partial charge in [0.25, 0.3) is 0 Å². The molecule has 0 unspecified atom stereocenters. The van der Waals surface area contributed by atoms with Gasteiger partial charge < -0.3 is 15.4 Å². The summed E-state index contributed by atoms with van der Waals surface area (Å²) in [6.07, 6.45) is -2.99. The van der Waals surface area contributed by atoms with E-state index in [4.69, 9.17) is 4.74 Å². The van der Waals surface area contributed by atoms with E-state index in [1.54, 1.807) is 18.2 Å². The average molecular weight is 639 g/mol. The maximum Gasteiger partial charge on any atom is 0.416 e. The zero-order valence-electron chi connectivity index (χ0n) is 25.1. The van der Waals surface area contributed by atoms with Crippen molar-refractivity contribution >= 4 is 24.3 Å². The van der Waals surface area contributed by atoms with Crippen LogP contribution in [0.4, 0.5) is 13.2 Å². The average Bonchev–Trinajstić information content (AvgIpc) is 3.03. The number of benzene rings is 4. The van der Waals surface area contributed by atoms with Crippen LogP contribution in [0.2, 0.25) is 0 Å². The van der Waals surface area contributed by atoms with Crippen LogP contribution in [-0.2, 0) is 28.5 Å². The Hall–Kier alpha value is -4.14. The molecule has 0 saturated heterocycles. The molecule has 1 atom stereocenters. The highest BCUT2D eigenvalue weighted by molar-refractivity contribution is 5.89. The lowest BCUT2D eigenvalue weighted by Gasteiger charge is -2.18. The predicted molar refractivity (Wildman–Crippen MR) is 173 cm³/mol. The molecule has 0 radical (unpaired) electrons. The van der Waals surface area contributed by atoms with Crippen LogP contribution < -0.4 is 10.6 Å². The van der Waals surface area contributed by atoms with Crippen LogP contribution in [-0.4, -0.2) is 37.6 Å². The summed E-state index contributed by atoms with van der Waals surface area (Å²) in [6.45, 7) is 2.85. The van der Waals surface area contributed by atoms with Gasteiger partial charge in [-0.15, -0.1) is 12.4 Å². The first kappa shape index (κ1) is 35.3. The van der Waals surface area contributed by atoms with Crippen molar-refractivity contribution in [2.24, 2.45) is 0 Å². The van der Waals surface area contributed by atoms with Crippen molar-refractivity contribution in [3.8, 4) is 0 Å². The fourth-order valence-electron chi connectivity index (χ4n) is 5.04. The minimum Gasteiger partial charge on any atom is -0.461 e. The smallest absolute Gasteiger partial charge is 0.416 e. The lowest BCUT2D eigenvalue weighted by molar-refractivity contribution is -0.137. The molecular weight excluding hydrogens is 601 g/mol. The van der Waals surface area contributed by atoms with Crippen molar-refractivity contribution in [2.45, 2.75) is 44.3 Å². The third-order valence-electron chi connectivity index (χ3n) is 7.34. The molecule has 4 rings (SSSR count). The number of esters is 1. The van der Waals surface area contributed by atoms with Crippen molar-refractivity contribution in [1.29, 1.82) is 0 Å². The molecule has 4 aromatic rings. The van der Waals surface area contributed by atoms with E-state index in [-0.39, 0.29) is 36.9 Å². The van der Waals surface area contributed by atoms with Crippen LogP contribution in [0, 0.1) is 0 Å². The van der Waals surface area contributed by atoms with Gasteiger partial charge >= 0.3 is 12.1 Å². The van der Waals surface area contributed by atoms with E-state index in [1.165, 1.54) is 6.07 Å². The lowest BCUT2D eigenvalue weighted by Crippen LogP contribution is -2.31. The van der Waals surface area contributed by atoms with Gasteiger partial charge in [0, 0.05) is 31.5 Å². The van der Waals surface area contributed by atoms with Crippen LogP contribution in [0.5, 0.6) is 0 Å². The Morgan fingerprint density at radius 3 is 2.00 bits per heavy atom. The molecule has 0 aliphatic heterocycles. The van der Waals surface area contributed by atoms with Crippen molar-refractivity contribution in [3.63, 3.8) is 0 Å². The number of nitrogens with one attached hydrogen (secondary N) is 2. The van der Waals surface area contributed by atoms with E-state index in [1.807, 2.05) is 79.7 Å². The first-order valence-electron chi connectivity index (χ1n) is 14.7. The second-order valence-corrected chi connectivity index (χ2v) is 10.8. The number of carbonyl (C=O) groups is 2. The number of rotatable bonds is 14. The molecule has 1 amide bonds. The van der Waals surface area contributed by atoms with E-state index in [9.17, 15) is 22.8 Å². The maximum absolute atomic E-state index is 12.9. The summed E-state index contributed by atoms with van der Waals surface area (Å²) in [5.74, 6) is -0.512. The quantitative estimate of drug-likeness (QED) is 0.112. The van der Waals surface area contributed by atoms with Crippen molar-refractivity contribution in [2.75, 3.05) is 19.7 Å². The molecule has 9 heteroatoms. The molecule has 0 aromatic heterocycles. The number of halogens is 4. The Morgan fingerprint density at radius 1 is 0.778 bits per heavy atom. The van der Waals surface area contributed by atoms with Crippen molar-refractivity contribution in [1.82, 2.24) is 10.6 Å². The van der Waals surface area contributed by atoms with E-state index in [0.717, 1.165) is 28.8 Å². The van der Waals surface area contributed by atoms with Gasteiger partial charge in [0.15, 0.2) is 0 Å². The number of ether oxygens (including phenoxy) is 1. The summed E-state index contributed by atoms with van der Waals surface area (Å²) in [6, 6.07) is 32.3. The van der Waals surface area contributed by atoms with Gasteiger partial charge in [0.1, 0.15) is 6.61 Å².